The molecule has 0 saturated carbocycles. The van der Waals surface area contributed by atoms with Gasteiger partial charge in [-0.15, -0.1) is 4.91 Å². The van der Waals surface area contributed by atoms with Crippen LogP contribution in [0.5, 0.6) is 0 Å². The molecule has 64 valence electrons. The first-order valence-corrected chi connectivity index (χ1v) is 4.26. The number of nitrogens with zero attached hydrogens (tertiary/aromatic N) is 1. The summed E-state index contributed by atoms with van der Waals surface area (Å²) in [4.78, 5) is 10.1. The van der Waals surface area contributed by atoms with E-state index in [-0.39, 0.29) is 0 Å². The molecule has 12 heavy (non-hydrogen) atoms. The van der Waals surface area contributed by atoms with Crippen molar-refractivity contribution in [3.05, 3.63) is 38.7 Å². The summed E-state index contributed by atoms with van der Waals surface area (Å²) in [5, 5.41) is 3.33. The van der Waals surface area contributed by atoms with Crippen molar-refractivity contribution in [3.8, 4) is 0 Å². The first kappa shape index (κ1) is 9.78. The van der Waals surface area contributed by atoms with Crippen molar-refractivity contribution in [1.82, 2.24) is 0 Å². The number of alkyl halides is 1. The lowest BCUT2D eigenvalue weighted by molar-refractivity contribution is 1.01. The molecule has 0 aliphatic heterocycles. The first-order chi connectivity index (χ1) is 5.66. The fourth-order valence-electron chi connectivity index (χ4n) is 0.791. The summed E-state index contributed by atoms with van der Waals surface area (Å²) in [6.45, 7) is 0. The lowest BCUT2D eigenvalue weighted by Gasteiger charge is -2.05. The molecule has 0 aliphatic carbocycles. The van der Waals surface area contributed by atoms with Crippen LogP contribution < -0.4 is 0 Å². The van der Waals surface area contributed by atoms with Crippen molar-refractivity contribution < 1.29 is 0 Å². The minimum atomic E-state index is -1.02. The van der Waals surface area contributed by atoms with Gasteiger partial charge in [0.05, 0.1) is 0 Å². The SMILES string of the molecule is O=NC(Cl)c1c(Cl)cccc1Cl. The lowest BCUT2D eigenvalue weighted by atomic mass is 10.2. The molecule has 1 aromatic carbocycles. The molecule has 0 spiro atoms. The maximum absolute atomic E-state index is 10.1. The van der Waals surface area contributed by atoms with Gasteiger partial charge in [-0.2, -0.15) is 0 Å². The van der Waals surface area contributed by atoms with Crippen LogP contribution >= 0.6 is 34.8 Å². The van der Waals surface area contributed by atoms with E-state index >= 15 is 0 Å². The Kier molecular flexibility index (Phi) is 3.32. The highest BCUT2D eigenvalue weighted by Crippen LogP contribution is 2.34. The minimum Gasteiger partial charge on any atom is -0.149 e. The average Bonchev–Trinajstić information content (AvgIpc) is 2.03. The summed E-state index contributed by atoms with van der Waals surface area (Å²) in [7, 11) is 0. The Balaban J connectivity index is 3.20. The van der Waals surface area contributed by atoms with Crippen LogP contribution in [0.2, 0.25) is 10.0 Å². The van der Waals surface area contributed by atoms with Gasteiger partial charge < -0.3 is 0 Å². The molecule has 1 atom stereocenters. The minimum absolute atomic E-state index is 0.349. The van der Waals surface area contributed by atoms with Crippen LogP contribution in [0.15, 0.2) is 23.4 Å². The summed E-state index contributed by atoms with van der Waals surface area (Å²) in [6.07, 6.45) is 0. The van der Waals surface area contributed by atoms with E-state index in [4.69, 9.17) is 34.8 Å². The van der Waals surface area contributed by atoms with E-state index in [1.807, 2.05) is 0 Å². The van der Waals surface area contributed by atoms with Crippen molar-refractivity contribution in [2.45, 2.75) is 5.50 Å². The summed E-state index contributed by atoms with van der Waals surface area (Å²) in [5.41, 5.74) is -0.663. The van der Waals surface area contributed by atoms with Crippen LogP contribution in [-0.2, 0) is 0 Å². The molecule has 0 aliphatic rings. The topological polar surface area (TPSA) is 29.4 Å². The number of halogens is 3. The molecular weight excluding hydrogens is 220 g/mol. The van der Waals surface area contributed by atoms with E-state index in [0.29, 0.717) is 15.6 Å². The third-order valence-electron chi connectivity index (χ3n) is 1.33. The highest BCUT2D eigenvalue weighted by molar-refractivity contribution is 6.37. The molecule has 0 fully saturated rings. The van der Waals surface area contributed by atoms with Gasteiger partial charge in [0.1, 0.15) is 0 Å². The Morgan fingerprint density at radius 2 is 1.75 bits per heavy atom. The highest BCUT2D eigenvalue weighted by atomic mass is 35.5. The van der Waals surface area contributed by atoms with Crippen molar-refractivity contribution in [3.63, 3.8) is 0 Å². The summed E-state index contributed by atoms with van der Waals surface area (Å²) < 4.78 is 0. The Labute approximate surface area is 84.4 Å². The zero-order chi connectivity index (χ0) is 9.14. The predicted octanol–water partition coefficient (Wildman–Crippen LogP) is 4.00. The van der Waals surface area contributed by atoms with Crippen LogP contribution in [0.25, 0.3) is 0 Å². The van der Waals surface area contributed by atoms with Gasteiger partial charge in [-0.1, -0.05) is 40.9 Å². The van der Waals surface area contributed by atoms with Gasteiger partial charge in [0.25, 0.3) is 0 Å². The quantitative estimate of drug-likeness (QED) is 0.424. The summed E-state index contributed by atoms with van der Waals surface area (Å²) >= 11 is 17.0. The third-order valence-corrected chi connectivity index (χ3v) is 2.29. The molecule has 0 heterocycles. The number of nitroso groups, excluding NO2 is 1. The molecule has 1 rings (SSSR count). The molecular formula is C7H4Cl3NO. The molecule has 0 bridgehead atoms. The first-order valence-electron chi connectivity index (χ1n) is 3.07. The fraction of sp³-hybridized carbons (Fsp3) is 0.143. The van der Waals surface area contributed by atoms with E-state index in [2.05, 4.69) is 5.18 Å². The Hall–Kier alpha value is -0.310. The van der Waals surface area contributed by atoms with E-state index in [1.54, 1.807) is 18.2 Å². The van der Waals surface area contributed by atoms with Gasteiger partial charge in [0.2, 0.25) is 0 Å². The van der Waals surface area contributed by atoms with Crippen LogP contribution in [0, 0.1) is 4.91 Å². The van der Waals surface area contributed by atoms with Crippen molar-refractivity contribution in [2.24, 2.45) is 5.18 Å². The van der Waals surface area contributed by atoms with E-state index in [0.717, 1.165) is 0 Å². The number of hydrogen-bond acceptors (Lipinski definition) is 2. The molecule has 0 aromatic heterocycles. The molecule has 5 heteroatoms. The Bertz CT molecular complexity index is 282. The van der Waals surface area contributed by atoms with E-state index < -0.39 is 5.50 Å². The number of benzene rings is 1. The van der Waals surface area contributed by atoms with Crippen LogP contribution in [0.4, 0.5) is 0 Å². The smallest absolute Gasteiger partial charge is 0.149 e. The van der Waals surface area contributed by atoms with Gasteiger partial charge in [-0.25, -0.2) is 0 Å². The molecule has 1 aromatic rings. The van der Waals surface area contributed by atoms with Gasteiger partial charge >= 0.3 is 0 Å². The zero-order valence-corrected chi connectivity index (χ0v) is 8.07. The van der Waals surface area contributed by atoms with Gasteiger partial charge in [-0.3, -0.25) is 0 Å². The monoisotopic (exact) mass is 223 g/mol. The Morgan fingerprint density at radius 3 is 2.17 bits per heavy atom. The highest BCUT2D eigenvalue weighted by Gasteiger charge is 2.15. The van der Waals surface area contributed by atoms with E-state index in [1.165, 1.54) is 0 Å². The standard InChI is InChI=1S/C7H4Cl3NO/c8-4-2-1-3-5(9)6(4)7(10)11-12/h1-3,7H. The second-order valence-electron chi connectivity index (χ2n) is 2.08. The normalized spacial score (nSPS) is 12.6. The van der Waals surface area contributed by atoms with Gasteiger partial charge in [-0.05, 0) is 17.3 Å². The summed E-state index contributed by atoms with van der Waals surface area (Å²) in [5.74, 6) is 0. The van der Waals surface area contributed by atoms with Crippen molar-refractivity contribution >= 4 is 34.8 Å². The average molecular weight is 224 g/mol. The second-order valence-corrected chi connectivity index (χ2v) is 3.30. The number of hydrogen-bond donors (Lipinski definition) is 0. The van der Waals surface area contributed by atoms with Gasteiger partial charge in [0, 0.05) is 15.6 Å². The number of rotatable bonds is 2. The maximum Gasteiger partial charge on any atom is 0.193 e. The maximum atomic E-state index is 10.1. The van der Waals surface area contributed by atoms with Crippen molar-refractivity contribution in [1.29, 1.82) is 0 Å². The molecule has 0 N–H and O–H groups in total. The third kappa shape index (κ3) is 1.89. The zero-order valence-electron chi connectivity index (χ0n) is 5.80. The molecule has 1 unspecified atom stereocenters. The molecule has 0 saturated heterocycles. The summed E-state index contributed by atoms with van der Waals surface area (Å²) in [6, 6.07) is 4.87. The van der Waals surface area contributed by atoms with Crippen LogP contribution in [-0.4, -0.2) is 0 Å². The van der Waals surface area contributed by atoms with Crippen molar-refractivity contribution in [2.75, 3.05) is 0 Å². The van der Waals surface area contributed by atoms with Crippen LogP contribution in [0.3, 0.4) is 0 Å². The molecule has 0 radical (unpaired) electrons. The largest absolute Gasteiger partial charge is 0.193 e. The van der Waals surface area contributed by atoms with E-state index in [9.17, 15) is 4.91 Å². The van der Waals surface area contributed by atoms with Gasteiger partial charge in [0.15, 0.2) is 5.50 Å². The predicted molar refractivity (Wildman–Crippen MR) is 50.9 cm³/mol. The second kappa shape index (κ2) is 4.08. The molecule has 0 amide bonds. The Morgan fingerprint density at radius 1 is 1.25 bits per heavy atom. The van der Waals surface area contributed by atoms with Crippen LogP contribution in [0.1, 0.15) is 11.1 Å². The fourth-order valence-corrected chi connectivity index (χ4v) is 1.74. The molecule has 2 nitrogen and oxygen atoms in total. The lowest BCUT2D eigenvalue weighted by Crippen LogP contribution is -1.88.